The van der Waals surface area contributed by atoms with Gasteiger partial charge in [0, 0.05) is 12.1 Å². The summed E-state index contributed by atoms with van der Waals surface area (Å²) >= 11 is 0. The molecule has 0 radical (unpaired) electrons. The highest BCUT2D eigenvalue weighted by Crippen LogP contribution is 2.18. The number of hydrogen-bond acceptors (Lipinski definition) is 5. The third-order valence-corrected chi connectivity index (χ3v) is 4.10. The standard InChI is InChI=1S/C19H21N5O3/c1-3-13-7-5-6-8-17(13)27-12-18(25)21-22-19(26)14-9-10-16-15(11-14)20-23-24(16)4-2/h5-11H,3-4,12H2,1-2H3,(H,21,25)(H,22,26). The highest BCUT2D eigenvalue weighted by molar-refractivity contribution is 5.98. The SMILES string of the molecule is CCc1ccccc1OCC(=O)NNC(=O)c1ccc2c(c1)nnn2CC. The van der Waals surface area contributed by atoms with Gasteiger partial charge in [0.1, 0.15) is 11.3 Å². The number of hydrogen-bond donors (Lipinski definition) is 2. The van der Waals surface area contributed by atoms with Gasteiger partial charge < -0.3 is 4.74 Å². The largest absolute Gasteiger partial charge is 0.483 e. The Bertz CT molecular complexity index is 967. The topological polar surface area (TPSA) is 98.1 Å². The van der Waals surface area contributed by atoms with Crippen LogP contribution in [0.4, 0.5) is 0 Å². The fourth-order valence-corrected chi connectivity index (χ4v) is 2.66. The zero-order chi connectivity index (χ0) is 19.2. The van der Waals surface area contributed by atoms with Crippen LogP contribution in [0.25, 0.3) is 11.0 Å². The first-order valence-corrected chi connectivity index (χ1v) is 8.75. The number of amides is 2. The van der Waals surface area contributed by atoms with Crippen molar-refractivity contribution in [2.75, 3.05) is 6.61 Å². The van der Waals surface area contributed by atoms with Crippen LogP contribution in [0.3, 0.4) is 0 Å². The van der Waals surface area contributed by atoms with Crippen molar-refractivity contribution in [2.45, 2.75) is 26.8 Å². The Kier molecular flexibility index (Phi) is 5.65. The molecule has 2 aromatic carbocycles. The van der Waals surface area contributed by atoms with Gasteiger partial charge in [-0.05, 0) is 43.2 Å². The molecule has 0 aliphatic heterocycles. The molecule has 0 unspecified atom stereocenters. The summed E-state index contributed by atoms with van der Waals surface area (Å²) in [6.07, 6.45) is 0.805. The number of nitrogens with one attached hydrogen (secondary N) is 2. The lowest BCUT2D eigenvalue weighted by atomic mass is 10.1. The number of carbonyl (C=O) groups excluding carboxylic acids is 2. The van der Waals surface area contributed by atoms with E-state index in [2.05, 4.69) is 21.2 Å². The van der Waals surface area contributed by atoms with Crippen molar-refractivity contribution >= 4 is 22.8 Å². The first-order chi connectivity index (χ1) is 13.1. The molecule has 3 aromatic rings. The number of benzene rings is 2. The van der Waals surface area contributed by atoms with Gasteiger partial charge in [-0.1, -0.05) is 30.3 Å². The summed E-state index contributed by atoms with van der Waals surface area (Å²) < 4.78 is 7.26. The molecule has 140 valence electrons. The Balaban J connectivity index is 1.54. The fourth-order valence-electron chi connectivity index (χ4n) is 2.66. The average molecular weight is 367 g/mol. The van der Waals surface area contributed by atoms with Crippen molar-refractivity contribution in [1.82, 2.24) is 25.8 Å². The van der Waals surface area contributed by atoms with Gasteiger partial charge in [-0.2, -0.15) is 0 Å². The molecule has 0 fully saturated rings. The van der Waals surface area contributed by atoms with Crippen LogP contribution in [-0.4, -0.2) is 33.4 Å². The first kappa shape index (κ1) is 18.4. The van der Waals surface area contributed by atoms with Gasteiger partial charge in [0.25, 0.3) is 11.8 Å². The molecule has 8 nitrogen and oxygen atoms in total. The molecule has 0 bridgehead atoms. The van der Waals surface area contributed by atoms with E-state index in [0.717, 1.165) is 17.5 Å². The van der Waals surface area contributed by atoms with E-state index < -0.39 is 11.8 Å². The van der Waals surface area contributed by atoms with E-state index in [4.69, 9.17) is 4.74 Å². The Hall–Kier alpha value is -3.42. The third-order valence-electron chi connectivity index (χ3n) is 4.10. The summed E-state index contributed by atoms with van der Waals surface area (Å²) in [4.78, 5) is 24.2. The van der Waals surface area contributed by atoms with E-state index in [1.165, 1.54) is 0 Å². The number of nitrogens with zero attached hydrogens (tertiary/aromatic N) is 3. The number of fused-ring (bicyclic) bond motifs is 1. The highest BCUT2D eigenvalue weighted by Gasteiger charge is 2.11. The molecule has 2 N–H and O–H groups in total. The number of hydrazine groups is 1. The monoisotopic (exact) mass is 367 g/mol. The number of rotatable bonds is 6. The summed E-state index contributed by atoms with van der Waals surface area (Å²) in [6, 6.07) is 12.6. The lowest BCUT2D eigenvalue weighted by Gasteiger charge is -2.11. The van der Waals surface area contributed by atoms with Gasteiger partial charge in [-0.3, -0.25) is 20.4 Å². The molecule has 3 rings (SSSR count). The number of aryl methyl sites for hydroxylation is 2. The molecule has 0 spiro atoms. The Morgan fingerprint density at radius 2 is 1.93 bits per heavy atom. The second kappa shape index (κ2) is 8.31. The summed E-state index contributed by atoms with van der Waals surface area (Å²) in [5.74, 6) is -0.233. The minimum atomic E-state index is -0.452. The van der Waals surface area contributed by atoms with E-state index in [9.17, 15) is 9.59 Å². The van der Waals surface area contributed by atoms with Crippen LogP contribution in [0.1, 0.15) is 29.8 Å². The molecule has 1 heterocycles. The van der Waals surface area contributed by atoms with Crippen molar-refractivity contribution in [2.24, 2.45) is 0 Å². The van der Waals surface area contributed by atoms with Gasteiger partial charge in [0.15, 0.2) is 6.61 Å². The summed E-state index contributed by atoms with van der Waals surface area (Å²) in [6.45, 7) is 4.48. The lowest BCUT2D eigenvalue weighted by molar-refractivity contribution is -0.123. The number of aromatic nitrogens is 3. The quantitative estimate of drug-likeness (QED) is 0.648. The van der Waals surface area contributed by atoms with Crippen molar-refractivity contribution in [3.05, 3.63) is 53.6 Å². The normalized spacial score (nSPS) is 10.6. The van der Waals surface area contributed by atoms with Crippen LogP contribution in [0.15, 0.2) is 42.5 Å². The summed E-state index contributed by atoms with van der Waals surface area (Å²) in [7, 11) is 0. The Morgan fingerprint density at radius 1 is 1.11 bits per heavy atom. The van der Waals surface area contributed by atoms with E-state index >= 15 is 0 Å². The zero-order valence-electron chi connectivity index (χ0n) is 15.2. The summed E-state index contributed by atoms with van der Waals surface area (Å²) in [5, 5.41) is 8.04. The van der Waals surface area contributed by atoms with Crippen LogP contribution in [-0.2, 0) is 17.8 Å². The van der Waals surface area contributed by atoms with Crippen molar-refractivity contribution in [3.8, 4) is 5.75 Å². The average Bonchev–Trinajstić information content (AvgIpc) is 3.12. The minimum Gasteiger partial charge on any atom is -0.483 e. The molecule has 2 amide bonds. The highest BCUT2D eigenvalue weighted by atomic mass is 16.5. The van der Waals surface area contributed by atoms with Crippen molar-refractivity contribution in [3.63, 3.8) is 0 Å². The van der Waals surface area contributed by atoms with Crippen LogP contribution in [0.5, 0.6) is 5.75 Å². The van der Waals surface area contributed by atoms with Gasteiger partial charge in [0.05, 0.1) is 5.52 Å². The number of para-hydroxylation sites is 1. The van der Waals surface area contributed by atoms with Crippen LogP contribution < -0.4 is 15.6 Å². The van der Waals surface area contributed by atoms with E-state index in [1.54, 1.807) is 22.9 Å². The predicted octanol–water partition coefficient (Wildman–Crippen LogP) is 1.85. The zero-order valence-corrected chi connectivity index (χ0v) is 15.2. The third kappa shape index (κ3) is 4.22. The number of ether oxygens (including phenoxy) is 1. The molecule has 8 heteroatoms. The van der Waals surface area contributed by atoms with Gasteiger partial charge in [-0.15, -0.1) is 5.10 Å². The molecule has 0 saturated carbocycles. The van der Waals surface area contributed by atoms with Crippen LogP contribution >= 0.6 is 0 Å². The van der Waals surface area contributed by atoms with E-state index in [-0.39, 0.29) is 6.61 Å². The molecular formula is C19H21N5O3. The molecule has 0 atom stereocenters. The van der Waals surface area contributed by atoms with Crippen molar-refractivity contribution < 1.29 is 14.3 Å². The molecule has 0 aliphatic carbocycles. The van der Waals surface area contributed by atoms with Gasteiger partial charge in [-0.25, -0.2) is 4.68 Å². The molecule has 0 saturated heterocycles. The number of carbonyl (C=O) groups is 2. The maximum atomic E-state index is 12.2. The smallest absolute Gasteiger partial charge is 0.276 e. The van der Waals surface area contributed by atoms with Crippen molar-refractivity contribution in [1.29, 1.82) is 0 Å². The van der Waals surface area contributed by atoms with Crippen LogP contribution in [0, 0.1) is 0 Å². The predicted molar refractivity (Wildman–Crippen MR) is 100 cm³/mol. The maximum absolute atomic E-state index is 12.2. The fraction of sp³-hybridized carbons (Fsp3) is 0.263. The molecule has 1 aromatic heterocycles. The van der Waals surface area contributed by atoms with E-state index in [1.807, 2.05) is 38.1 Å². The van der Waals surface area contributed by atoms with Gasteiger partial charge >= 0.3 is 0 Å². The Morgan fingerprint density at radius 3 is 2.70 bits per heavy atom. The van der Waals surface area contributed by atoms with Gasteiger partial charge in [0.2, 0.25) is 0 Å². The molecular weight excluding hydrogens is 346 g/mol. The maximum Gasteiger partial charge on any atom is 0.276 e. The lowest BCUT2D eigenvalue weighted by Crippen LogP contribution is -2.43. The first-order valence-electron chi connectivity index (χ1n) is 8.75. The second-order valence-electron chi connectivity index (χ2n) is 5.86. The second-order valence-corrected chi connectivity index (χ2v) is 5.86. The molecule has 0 aliphatic rings. The van der Waals surface area contributed by atoms with E-state index in [0.29, 0.717) is 23.4 Å². The Labute approximate surface area is 156 Å². The van der Waals surface area contributed by atoms with Crippen LogP contribution in [0.2, 0.25) is 0 Å². The summed E-state index contributed by atoms with van der Waals surface area (Å²) in [5.41, 5.74) is 7.59. The molecule has 27 heavy (non-hydrogen) atoms. The minimum absolute atomic E-state index is 0.193.